The van der Waals surface area contributed by atoms with Crippen molar-refractivity contribution in [2.24, 2.45) is 0 Å². The van der Waals surface area contributed by atoms with E-state index in [-0.39, 0.29) is 25.2 Å². The molecular formula is C44H83N3O9. The summed E-state index contributed by atoms with van der Waals surface area (Å²) in [7, 11) is 0. The molecule has 1 saturated heterocycles. The lowest BCUT2D eigenvalue weighted by atomic mass is 9.94. The monoisotopic (exact) mass is 798 g/mol. The Morgan fingerprint density at radius 3 is 1.41 bits per heavy atom. The van der Waals surface area contributed by atoms with E-state index in [1.807, 2.05) is 0 Å². The quantitative estimate of drug-likeness (QED) is 0.0343. The normalized spacial score (nSPS) is 19.5. The highest BCUT2D eigenvalue weighted by molar-refractivity contribution is 5.86. The molecule has 0 radical (unpaired) electrons. The standard InChI is InChI=1S/C44H83N3O9/c1-3-5-7-9-11-13-15-17-18-19-20-22-24-26-28-30-39(51)47(33-29-27-25-23-21-16-14-12-10-8-6-4-2)44-41(43(55)42(54)36(35-48)56-44)46-38(50)34-45-37(49)31-32-40(52)53/h36,41-44,48,54-55H,3-35H2,1-2H3,(H,45,49)(H,46,50)(H,52,53)/t36-,41-,42+,43-,44-/m1/s1. The minimum Gasteiger partial charge on any atom is -0.481 e. The van der Waals surface area contributed by atoms with Crippen LogP contribution in [0, 0.1) is 0 Å². The van der Waals surface area contributed by atoms with Crippen LogP contribution in [0.2, 0.25) is 0 Å². The number of carbonyl (C=O) groups excluding carboxylic acids is 3. The van der Waals surface area contributed by atoms with E-state index in [0.29, 0.717) is 19.4 Å². The molecule has 1 rings (SSSR count). The first kappa shape index (κ1) is 51.7. The van der Waals surface area contributed by atoms with Gasteiger partial charge in [-0.25, -0.2) is 0 Å². The second kappa shape index (κ2) is 34.7. The van der Waals surface area contributed by atoms with Crippen molar-refractivity contribution in [3.63, 3.8) is 0 Å². The summed E-state index contributed by atoms with van der Waals surface area (Å²) in [5, 5.41) is 45.7. The summed E-state index contributed by atoms with van der Waals surface area (Å²) in [6, 6.07) is -1.22. The molecule has 6 N–H and O–H groups in total. The van der Waals surface area contributed by atoms with Crippen molar-refractivity contribution in [3.8, 4) is 0 Å². The molecule has 0 aromatic rings. The van der Waals surface area contributed by atoms with Crippen LogP contribution >= 0.6 is 0 Å². The Bertz CT molecular complexity index is 1020. The van der Waals surface area contributed by atoms with Crippen LogP contribution in [0.5, 0.6) is 0 Å². The Morgan fingerprint density at radius 2 is 0.982 bits per heavy atom. The van der Waals surface area contributed by atoms with Crippen LogP contribution in [0.15, 0.2) is 0 Å². The molecule has 1 fully saturated rings. The van der Waals surface area contributed by atoms with Gasteiger partial charge >= 0.3 is 5.97 Å². The molecule has 3 amide bonds. The van der Waals surface area contributed by atoms with Crippen molar-refractivity contribution >= 4 is 23.7 Å². The van der Waals surface area contributed by atoms with Gasteiger partial charge in [0.1, 0.15) is 24.4 Å². The molecule has 5 atom stereocenters. The highest BCUT2D eigenvalue weighted by Gasteiger charge is 2.48. The third-order valence-corrected chi connectivity index (χ3v) is 11.1. The fourth-order valence-electron chi connectivity index (χ4n) is 7.55. The molecular weight excluding hydrogens is 714 g/mol. The Balaban J connectivity index is 2.74. The number of aliphatic hydroxyl groups is 3. The molecule has 12 nitrogen and oxygen atoms in total. The molecule has 1 heterocycles. The number of carbonyl (C=O) groups is 4. The summed E-state index contributed by atoms with van der Waals surface area (Å²) in [4.78, 5) is 51.2. The first-order chi connectivity index (χ1) is 27.2. The van der Waals surface area contributed by atoms with Crippen LogP contribution in [0.25, 0.3) is 0 Å². The second-order valence-corrected chi connectivity index (χ2v) is 16.2. The van der Waals surface area contributed by atoms with Gasteiger partial charge in [0.15, 0.2) is 6.23 Å². The van der Waals surface area contributed by atoms with E-state index in [0.717, 1.165) is 38.5 Å². The second-order valence-electron chi connectivity index (χ2n) is 16.2. The van der Waals surface area contributed by atoms with Gasteiger partial charge in [0.2, 0.25) is 17.7 Å². The maximum atomic E-state index is 13.9. The third kappa shape index (κ3) is 25.2. The van der Waals surface area contributed by atoms with E-state index in [1.54, 1.807) is 4.90 Å². The van der Waals surface area contributed by atoms with Crippen LogP contribution < -0.4 is 10.6 Å². The van der Waals surface area contributed by atoms with E-state index in [9.17, 15) is 34.5 Å². The Hall–Kier alpha value is -2.28. The first-order valence-corrected chi connectivity index (χ1v) is 22.9. The van der Waals surface area contributed by atoms with Crippen LogP contribution in [-0.2, 0) is 23.9 Å². The van der Waals surface area contributed by atoms with Gasteiger partial charge in [0.05, 0.1) is 19.6 Å². The lowest BCUT2D eigenvalue weighted by Crippen LogP contribution is -2.69. The number of hydrogen-bond donors (Lipinski definition) is 6. The summed E-state index contributed by atoms with van der Waals surface area (Å²) < 4.78 is 6.07. The van der Waals surface area contributed by atoms with Crippen molar-refractivity contribution < 1.29 is 44.3 Å². The predicted molar refractivity (Wildman–Crippen MR) is 222 cm³/mol. The molecule has 0 bridgehead atoms. The van der Waals surface area contributed by atoms with Crippen molar-refractivity contribution in [1.29, 1.82) is 0 Å². The molecule has 0 unspecified atom stereocenters. The molecule has 12 heteroatoms. The smallest absolute Gasteiger partial charge is 0.303 e. The minimum absolute atomic E-state index is 0.172. The zero-order chi connectivity index (χ0) is 41.2. The first-order valence-electron chi connectivity index (χ1n) is 22.9. The average molecular weight is 798 g/mol. The Morgan fingerprint density at radius 1 is 0.554 bits per heavy atom. The fraction of sp³-hybridized carbons (Fsp3) is 0.909. The largest absolute Gasteiger partial charge is 0.481 e. The molecule has 0 aliphatic carbocycles. The van der Waals surface area contributed by atoms with Gasteiger partial charge in [-0.15, -0.1) is 0 Å². The molecule has 56 heavy (non-hydrogen) atoms. The van der Waals surface area contributed by atoms with Crippen LogP contribution in [-0.4, -0.2) is 99.3 Å². The molecule has 328 valence electrons. The van der Waals surface area contributed by atoms with Gasteiger partial charge in [-0.05, 0) is 12.8 Å². The van der Waals surface area contributed by atoms with E-state index < -0.39 is 61.5 Å². The number of ether oxygens (including phenoxy) is 1. The number of hydrogen-bond acceptors (Lipinski definition) is 8. The number of nitrogens with one attached hydrogen (secondary N) is 2. The number of aliphatic carboxylic acids is 1. The number of nitrogens with zero attached hydrogens (tertiary/aromatic N) is 1. The van der Waals surface area contributed by atoms with Crippen molar-refractivity contribution in [2.45, 2.75) is 237 Å². The summed E-state index contributed by atoms with van der Waals surface area (Å²) in [5.74, 6) is -2.62. The summed E-state index contributed by atoms with van der Waals surface area (Å²) in [6.07, 6.45) is 26.4. The molecule has 0 aromatic carbocycles. The van der Waals surface area contributed by atoms with Crippen LogP contribution in [0.4, 0.5) is 0 Å². The van der Waals surface area contributed by atoms with E-state index >= 15 is 0 Å². The third-order valence-electron chi connectivity index (χ3n) is 11.1. The van der Waals surface area contributed by atoms with Gasteiger partial charge < -0.3 is 40.7 Å². The number of rotatable bonds is 37. The highest BCUT2D eigenvalue weighted by Crippen LogP contribution is 2.26. The van der Waals surface area contributed by atoms with Gasteiger partial charge in [0.25, 0.3) is 0 Å². The zero-order valence-electron chi connectivity index (χ0n) is 35.5. The predicted octanol–water partition coefficient (Wildman–Crippen LogP) is 7.68. The maximum absolute atomic E-state index is 13.9. The van der Waals surface area contributed by atoms with Gasteiger partial charge in [0, 0.05) is 19.4 Å². The molecule has 0 spiro atoms. The number of aliphatic hydroxyl groups excluding tert-OH is 3. The van der Waals surface area contributed by atoms with Gasteiger partial charge in [-0.2, -0.15) is 0 Å². The molecule has 0 aromatic heterocycles. The average Bonchev–Trinajstić information content (AvgIpc) is 3.18. The fourth-order valence-corrected chi connectivity index (χ4v) is 7.55. The molecule has 0 saturated carbocycles. The lowest BCUT2D eigenvalue weighted by molar-refractivity contribution is -0.231. The van der Waals surface area contributed by atoms with Crippen molar-refractivity contribution in [3.05, 3.63) is 0 Å². The summed E-state index contributed by atoms with van der Waals surface area (Å²) in [6.45, 7) is 3.74. The lowest BCUT2D eigenvalue weighted by Gasteiger charge is -2.47. The van der Waals surface area contributed by atoms with E-state index in [4.69, 9.17) is 9.84 Å². The summed E-state index contributed by atoms with van der Waals surface area (Å²) in [5.41, 5.74) is 0. The topological polar surface area (TPSA) is 186 Å². The van der Waals surface area contributed by atoms with E-state index in [1.165, 1.54) is 122 Å². The van der Waals surface area contributed by atoms with Crippen LogP contribution in [0.1, 0.15) is 206 Å². The Labute approximate surface area is 339 Å². The highest BCUT2D eigenvalue weighted by atomic mass is 16.5. The van der Waals surface area contributed by atoms with Crippen LogP contribution in [0.3, 0.4) is 0 Å². The van der Waals surface area contributed by atoms with Crippen molar-refractivity contribution in [2.75, 3.05) is 19.7 Å². The number of unbranched alkanes of at least 4 members (excludes halogenated alkanes) is 25. The minimum atomic E-state index is -1.55. The van der Waals surface area contributed by atoms with E-state index in [2.05, 4.69) is 24.5 Å². The molecule has 1 aliphatic heterocycles. The number of carboxylic acids is 1. The summed E-state index contributed by atoms with van der Waals surface area (Å²) >= 11 is 0. The SMILES string of the molecule is CCCCCCCCCCCCCCCCCC(=O)N(CCCCCCCCCCCCCC)[C@@H]1O[C@H](CO)[C@H](O)[C@H](O)[C@H]1NC(=O)CNC(=O)CCC(=O)O. The van der Waals surface area contributed by atoms with Gasteiger partial charge in [-0.1, -0.05) is 174 Å². The molecule has 1 aliphatic rings. The maximum Gasteiger partial charge on any atom is 0.303 e. The van der Waals surface area contributed by atoms with Crippen molar-refractivity contribution in [1.82, 2.24) is 15.5 Å². The number of amides is 3. The van der Waals surface area contributed by atoms with Gasteiger partial charge in [-0.3, -0.25) is 19.2 Å². The Kier molecular flexibility index (Phi) is 32.1. The zero-order valence-corrected chi connectivity index (χ0v) is 35.5. The number of carboxylic acid groups (broad SMARTS) is 1.